The van der Waals surface area contributed by atoms with E-state index in [2.05, 4.69) is 67.1 Å². The minimum atomic E-state index is -1.32. The molecule has 22 nitrogen and oxygen atoms in total. The Morgan fingerprint density at radius 1 is 0.583 bits per heavy atom. The maximum absolute atomic E-state index is 14.0. The molecule has 344 valence electrons. The standard InChI is InChI=1S/C36H70N14O8S2/c1-5-20(4)27(33(56)47-24(16-19(2)3)31(54)48-25(17-59)32(55)49-26(18-60)34(57)58)50-30(53)23(12-9-15-44-36(41)42)46-29(52)22(11-6-7-13-37)45-28(51)21(38)10-8-14-43-35(39)40/h19-27,59-60H,5-18,37-38H2,1-4H3,(H,45,51)(H,46,52)(H,47,56)(H,48,54)(H,49,55)(H,50,53)(H,57,58)(H4,39,40,43)(H4,41,42,44)/t20-,21-,22-,23-,24-,25-,26-,27-/m0/s1. The molecule has 0 aliphatic rings. The molecule has 0 radical (unpaired) electrons. The van der Waals surface area contributed by atoms with Gasteiger partial charge in [-0.3, -0.25) is 38.8 Å². The third-order valence-corrected chi connectivity index (χ3v) is 9.94. The lowest BCUT2D eigenvalue weighted by atomic mass is 9.96. The van der Waals surface area contributed by atoms with E-state index in [4.69, 9.17) is 34.4 Å². The molecule has 0 fully saturated rings. The summed E-state index contributed by atoms with van der Waals surface area (Å²) in [6.07, 6.45) is 2.64. The predicted molar refractivity (Wildman–Crippen MR) is 237 cm³/mol. The van der Waals surface area contributed by atoms with Gasteiger partial charge in [-0.2, -0.15) is 25.3 Å². The summed E-state index contributed by atoms with van der Waals surface area (Å²) in [4.78, 5) is 101. The van der Waals surface area contributed by atoms with Gasteiger partial charge in [0.05, 0.1) is 6.04 Å². The van der Waals surface area contributed by atoms with Crippen LogP contribution in [0.15, 0.2) is 9.98 Å². The zero-order valence-electron chi connectivity index (χ0n) is 35.2. The quantitative estimate of drug-likeness (QED) is 0.0139. The second kappa shape index (κ2) is 30.5. The number of carbonyl (C=O) groups is 7. The Labute approximate surface area is 363 Å². The average Bonchev–Trinajstić information content (AvgIpc) is 3.18. The largest absolute Gasteiger partial charge is 0.480 e. The zero-order valence-corrected chi connectivity index (χ0v) is 36.9. The Kier molecular flexibility index (Phi) is 28.2. The molecule has 0 rings (SSSR count). The minimum absolute atomic E-state index is 0.0263. The van der Waals surface area contributed by atoms with E-state index in [0.717, 1.165) is 0 Å². The van der Waals surface area contributed by atoms with Gasteiger partial charge in [0.1, 0.15) is 36.3 Å². The number of carboxylic acids is 1. The number of amides is 6. The summed E-state index contributed by atoms with van der Waals surface area (Å²) in [7, 11) is 0. The minimum Gasteiger partial charge on any atom is -0.480 e. The molecular formula is C36H70N14O8S2. The lowest BCUT2D eigenvalue weighted by Gasteiger charge is -2.30. The summed E-state index contributed by atoms with van der Waals surface area (Å²) < 4.78 is 0. The van der Waals surface area contributed by atoms with Crippen molar-refractivity contribution in [3.63, 3.8) is 0 Å². The fraction of sp³-hybridized carbons (Fsp3) is 0.750. The second-order valence-corrected chi connectivity index (χ2v) is 15.5. The number of nitrogens with two attached hydrogens (primary N) is 6. The van der Waals surface area contributed by atoms with Gasteiger partial charge in [-0.05, 0) is 69.7 Å². The van der Waals surface area contributed by atoms with E-state index < -0.39 is 89.6 Å². The molecule has 0 aromatic rings. The van der Waals surface area contributed by atoms with E-state index >= 15 is 0 Å². The van der Waals surface area contributed by atoms with Crippen LogP contribution in [0.25, 0.3) is 0 Å². The third-order valence-electron chi connectivity index (χ3n) is 9.21. The van der Waals surface area contributed by atoms with Gasteiger partial charge in [0.25, 0.3) is 0 Å². The van der Waals surface area contributed by atoms with Crippen LogP contribution in [0.3, 0.4) is 0 Å². The van der Waals surface area contributed by atoms with Gasteiger partial charge < -0.3 is 71.4 Å². The molecule has 0 aromatic carbocycles. The van der Waals surface area contributed by atoms with Crippen LogP contribution >= 0.6 is 25.3 Å². The van der Waals surface area contributed by atoms with Crippen LogP contribution in [-0.2, 0) is 33.6 Å². The summed E-state index contributed by atoms with van der Waals surface area (Å²) >= 11 is 8.09. The molecule has 19 N–H and O–H groups in total. The lowest BCUT2D eigenvalue weighted by molar-refractivity contribution is -0.141. The number of guanidine groups is 2. The maximum Gasteiger partial charge on any atom is 0.327 e. The Morgan fingerprint density at radius 2 is 1.02 bits per heavy atom. The maximum atomic E-state index is 14.0. The highest BCUT2D eigenvalue weighted by molar-refractivity contribution is 7.80. The van der Waals surface area contributed by atoms with Crippen LogP contribution in [-0.4, -0.2) is 132 Å². The van der Waals surface area contributed by atoms with E-state index in [1.807, 2.05) is 13.8 Å². The molecule has 0 aliphatic heterocycles. The number of hydrogen-bond acceptors (Lipinski definition) is 13. The van der Waals surface area contributed by atoms with Gasteiger partial charge in [-0.1, -0.05) is 34.1 Å². The number of carbonyl (C=O) groups excluding carboxylic acids is 6. The topological polar surface area (TPSA) is 393 Å². The predicted octanol–water partition coefficient (Wildman–Crippen LogP) is -3.50. The molecule has 24 heteroatoms. The van der Waals surface area contributed by atoms with Crippen LogP contribution < -0.4 is 66.3 Å². The number of aliphatic imine (C=N–C) groups is 2. The summed E-state index contributed by atoms with van der Waals surface area (Å²) in [6.45, 7) is 7.87. The molecule has 6 amide bonds. The van der Waals surface area contributed by atoms with E-state index in [0.29, 0.717) is 32.2 Å². The fourth-order valence-electron chi connectivity index (χ4n) is 5.58. The summed E-state index contributed by atoms with van der Waals surface area (Å²) in [5, 5.41) is 25.0. The number of unbranched alkanes of at least 4 members (excludes halogenated alkanes) is 1. The van der Waals surface area contributed by atoms with Gasteiger partial charge in [0.15, 0.2) is 11.9 Å². The van der Waals surface area contributed by atoms with Crippen molar-refractivity contribution >= 4 is 78.6 Å². The molecule has 0 saturated heterocycles. The molecular weight excluding hydrogens is 821 g/mol. The third kappa shape index (κ3) is 22.7. The first-order valence-corrected chi connectivity index (χ1v) is 21.3. The number of aliphatic carboxylic acids is 1. The van der Waals surface area contributed by atoms with Gasteiger partial charge in [0, 0.05) is 24.6 Å². The lowest BCUT2D eigenvalue weighted by Crippen LogP contribution is -2.61. The number of rotatable bonds is 31. The summed E-state index contributed by atoms with van der Waals surface area (Å²) in [6, 6.07) is -8.26. The molecule has 60 heavy (non-hydrogen) atoms. The van der Waals surface area contributed by atoms with Gasteiger partial charge in [-0.25, -0.2) is 4.79 Å². The van der Waals surface area contributed by atoms with Gasteiger partial charge in [0.2, 0.25) is 35.4 Å². The molecule has 0 saturated carbocycles. The molecule has 0 aliphatic carbocycles. The monoisotopic (exact) mass is 890 g/mol. The van der Waals surface area contributed by atoms with Crippen molar-refractivity contribution < 1.29 is 38.7 Å². The summed E-state index contributed by atoms with van der Waals surface area (Å²) in [5.41, 5.74) is 33.4. The Hall–Kier alpha value is -4.55. The average molecular weight is 891 g/mol. The smallest absolute Gasteiger partial charge is 0.327 e. The molecule has 0 unspecified atom stereocenters. The Bertz CT molecular complexity index is 1450. The molecule has 0 aromatic heterocycles. The molecule has 0 bridgehead atoms. The van der Waals surface area contributed by atoms with E-state index in [9.17, 15) is 38.7 Å². The van der Waals surface area contributed by atoms with Crippen LogP contribution in [0.4, 0.5) is 0 Å². The zero-order chi connectivity index (χ0) is 45.9. The fourth-order valence-corrected chi connectivity index (χ4v) is 6.08. The number of thiol groups is 2. The van der Waals surface area contributed by atoms with E-state index in [1.165, 1.54) is 0 Å². The number of nitrogens with one attached hydrogen (secondary N) is 6. The van der Waals surface area contributed by atoms with Gasteiger partial charge in [-0.15, -0.1) is 0 Å². The van der Waals surface area contributed by atoms with Crippen LogP contribution in [0.1, 0.15) is 85.5 Å². The number of hydrogen-bond donors (Lipinski definition) is 15. The first-order valence-electron chi connectivity index (χ1n) is 20.1. The highest BCUT2D eigenvalue weighted by Gasteiger charge is 2.35. The van der Waals surface area contributed by atoms with Crippen LogP contribution in [0, 0.1) is 11.8 Å². The second-order valence-electron chi connectivity index (χ2n) is 14.8. The van der Waals surface area contributed by atoms with Crippen molar-refractivity contribution in [1.29, 1.82) is 0 Å². The van der Waals surface area contributed by atoms with E-state index in [-0.39, 0.29) is 74.5 Å². The number of nitrogens with zero attached hydrogens (tertiary/aromatic N) is 2. The first-order chi connectivity index (χ1) is 28.2. The SMILES string of the molecule is CC[C@H](C)[C@H](NC(=O)[C@H](CCCN=C(N)N)NC(=O)[C@H](CCCCN)NC(=O)[C@@H](N)CCCN=C(N)N)C(=O)N[C@@H](CC(C)C)C(=O)N[C@@H](CS)C(=O)N[C@@H](CS)C(=O)O. The molecule has 8 atom stereocenters. The van der Waals surface area contributed by atoms with E-state index in [1.54, 1.807) is 13.8 Å². The van der Waals surface area contributed by atoms with Crippen molar-refractivity contribution in [3.8, 4) is 0 Å². The molecule has 0 heterocycles. The first kappa shape index (κ1) is 55.5. The van der Waals surface area contributed by atoms with Crippen molar-refractivity contribution in [1.82, 2.24) is 31.9 Å². The number of carboxylic acid groups (broad SMARTS) is 1. The van der Waals surface area contributed by atoms with Crippen molar-refractivity contribution in [2.75, 3.05) is 31.1 Å². The Morgan fingerprint density at radius 3 is 1.50 bits per heavy atom. The molecule has 0 spiro atoms. The van der Waals surface area contributed by atoms with Crippen molar-refractivity contribution in [2.45, 2.75) is 128 Å². The van der Waals surface area contributed by atoms with Crippen LogP contribution in [0.2, 0.25) is 0 Å². The van der Waals surface area contributed by atoms with Gasteiger partial charge >= 0.3 is 5.97 Å². The summed E-state index contributed by atoms with van der Waals surface area (Å²) in [5.74, 6) is -6.84. The van der Waals surface area contributed by atoms with Crippen LogP contribution in [0.5, 0.6) is 0 Å². The van der Waals surface area contributed by atoms with Crippen molar-refractivity contribution in [3.05, 3.63) is 0 Å². The highest BCUT2D eigenvalue weighted by atomic mass is 32.1. The highest BCUT2D eigenvalue weighted by Crippen LogP contribution is 2.13. The Balaban J connectivity index is 6.40. The normalized spacial score (nSPS) is 15.0. The van der Waals surface area contributed by atoms with Crippen molar-refractivity contribution in [2.24, 2.45) is 56.2 Å².